The lowest BCUT2D eigenvalue weighted by atomic mass is 10.5. The van der Waals surface area contributed by atoms with Crippen molar-refractivity contribution < 1.29 is 9.32 Å². The van der Waals surface area contributed by atoms with Gasteiger partial charge in [-0.2, -0.15) is 0 Å². The van der Waals surface area contributed by atoms with E-state index in [1.165, 1.54) is 28.0 Å². The molecule has 0 bridgehead atoms. The molecule has 23 heavy (non-hydrogen) atoms. The summed E-state index contributed by atoms with van der Waals surface area (Å²) in [5.74, 6) is 2.09. The average Bonchev–Trinajstić information content (AvgIpc) is 3.25. The first-order valence-corrected chi connectivity index (χ1v) is 10.2. The van der Waals surface area contributed by atoms with Crippen LogP contribution >= 0.6 is 46.2 Å². The minimum Gasteiger partial charge on any atom is -0.360 e. The number of nitrogens with zero attached hydrogens (tertiary/aromatic N) is 3. The van der Waals surface area contributed by atoms with Gasteiger partial charge >= 0.3 is 0 Å². The van der Waals surface area contributed by atoms with Crippen LogP contribution in [0.2, 0.25) is 0 Å². The Hall–Kier alpha value is -1.36. The lowest BCUT2D eigenvalue weighted by Crippen LogP contribution is -2.14. The van der Waals surface area contributed by atoms with E-state index < -0.39 is 0 Å². The number of carbonyl (C=O) groups is 1. The second-order valence-corrected chi connectivity index (χ2v) is 8.82. The van der Waals surface area contributed by atoms with Crippen molar-refractivity contribution in [1.82, 2.24) is 15.4 Å². The fraction of sp³-hybridized carbons (Fsp3) is 0.231. The van der Waals surface area contributed by atoms with Gasteiger partial charge in [-0.1, -0.05) is 46.1 Å². The van der Waals surface area contributed by atoms with E-state index in [0.717, 1.165) is 14.4 Å². The fourth-order valence-corrected chi connectivity index (χ4v) is 5.17. The van der Waals surface area contributed by atoms with Gasteiger partial charge < -0.3 is 9.84 Å². The van der Waals surface area contributed by atoms with E-state index in [2.05, 4.69) is 32.1 Å². The van der Waals surface area contributed by atoms with E-state index in [-0.39, 0.29) is 11.7 Å². The highest BCUT2D eigenvalue weighted by Gasteiger charge is 2.10. The SMILES string of the molecule is Cc1cc(NC(=O)CSc2nnc(SCc3cccs3)s2)no1. The number of amides is 1. The van der Waals surface area contributed by atoms with E-state index in [9.17, 15) is 4.79 Å². The molecule has 3 rings (SSSR count). The molecule has 3 aromatic heterocycles. The van der Waals surface area contributed by atoms with E-state index in [0.29, 0.717) is 11.6 Å². The lowest BCUT2D eigenvalue weighted by Gasteiger charge is -1.98. The van der Waals surface area contributed by atoms with Crippen molar-refractivity contribution in [3.05, 3.63) is 34.2 Å². The topological polar surface area (TPSA) is 80.9 Å². The Morgan fingerprint density at radius 1 is 1.35 bits per heavy atom. The Labute approximate surface area is 149 Å². The van der Waals surface area contributed by atoms with Gasteiger partial charge in [0.25, 0.3) is 0 Å². The van der Waals surface area contributed by atoms with Gasteiger partial charge in [-0.15, -0.1) is 21.5 Å². The van der Waals surface area contributed by atoms with Crippen molar-refractivity contribution in [1.29, 1.82) is 0 Å². The van der Waals surface area contributed by atoms with Gasteiger partial charge in [0.1, 0.15) is 5.76 Å². The molecule has 3 heterocycles. The number of anilines is 1. The standard InChI is InChI=1S/C13H12N4O2S4/c1-8-5-10(17-19-8)14-11(18)7-22-13-16-15-12(23-13)21-6-9-3-2-4-20-9/h2-5H,6-7H2,1H3,(H,14,17,18). The number of aryl methyl sites for hydroxylation is 1. The first-order chi connectivity index (χ1) is 11.2. The number of hydrogen-bond acceptors (Lipinski definition) is 9. The Morgan fingerprint density at radius 3 is 2.87 bits per heavy atom. The molecule has 120 valence electrons. The Morgan fingerprint density at radius 2 is 2.17 bits per heavy atom. The van der Waals surface area contributed by atoms with E-state index >= 15 is 0 Å². The van der Waals surface area contributed by atoms with Gasteiger partial charge in [-0.25, -0.2) is 0 Å². The van der Waals surface area contributed by atoms with Crippen molar-refractivity contribution in [3.8, 4) is 0 Å². The highest BCUT2D eigenvalue weighted by molar-refractivity contribution is 8.03. The quantitative estimate of drug-likeness (QED) is 0.618. The van der Waals surface area contributed by atoms with Crippen molar-refractivity contribution in [2.24, 2.45) is 0 Å². The summed E-state index contributed by atoms with van der Waals surface area (Å²) in [7, 11) is 0. The molecule has 0 aliphatic rings. The van der Waals surface area contributed by atoms with Crippen LogP contribution in [-0.2, 0) is 10.5 Å². The summed E-state index contributed by atoms with van der Waals surface area (Å²) in [6.45, 7) is 1.77. The van der Waals surface area contributed by atoms with Crippen LogP contribution in [0, 0.1) is 6.92 Å². The normalized spacial score (nSPS) is 10.8. The monoisotopic (exact) mass is 384 g/mol. The molecule has 0 atom stereocenters. The van der Waals surface area contributed by atoms with Crippen molar-refractivity contribution in [3.63, 3.8) is 0 Å². The largest absolute Gasteiger partial charge is 0.360 e. The molecular formula is C13H12N4O2S4. The number of rotatable bonds is 7. The number of carbonyl (C=O) groups excluding carboxylic acids is 1. The summed E-state index contributed by atoms with van der Waals surface area (Å²) in [4.78, 5) is 13.1. The summed E-state index contributed by atoms with van der Waals surface area (Å²) in [6.07, 6.45) is 0. The molecule has 1 amide bonds. The first-order valence-electron chi connectivity index (χ1n) is 6.54. The molecule has 0 aliphatic carbocycles. The molecule has 3 aromatic rings. The lowest BCUT2D eigenvalue weighted by molar-refractivity contribution is -0.113. The van der Waals surface area contributed by atoms with E-state index in [4.69, 9.17) is 4.52 Å². The van der Waals surface area contributed by atoms with Crippen LogP contribution in [0.15, 0.2) is 36.8 Å². The summed E-state index contributed by atoms with van der Waals surface area (Å²) in [5.41, 5.74) is 0. The molecule has 10 heteroatoms. The molecule has 6 nitrogen and oxygen atoms in total. The van der Waals surface area contributed by atoms with Gasteiger partial charge in [0.2, 0.25) is 5.91 Å². The van der Waals surface area contributed by atoms with Gasteiger partial charge in [-0.3, -0.25) is 4.79 Å². The minimum absolute atomic E-state index is 0.147. The van der Waals surface area contributed by atoms with Crippen LogP contribution in [0.1, 0.15) is 10.6 Å². The predicted molar refractivity (Wildman–Crippen MR) is 94.4 cm³/mol. The zero-order chi connectivity index (χ0) is 16.1. The first kappa shape index (κ1) is 16.5. The zero-order valence-corrected chi connectivity index (χ0v) is 15.3. The molecule has 0 radical (unpaired) electrons. The third-order valence-corrected chi connectivity index (χ3v) is 6.83. The molecule has 1 N–H and O–H groups in total. The molecule has 0 fully saturated rings. The van der Waals surface area contributed by atoms with Gasteiger partial charge in [0.05, 0.1) is 5.75 Å². The number of thiophene rings is 1. The summed E-state index contributed by atoms with van der Waals surface area (Å²) < 4.78 is 6.59. The maximum absolute atomic E-state index is 11.8. The maximum atomic E-state index is 11.8. The Kier molecular flexibility index (Phi) is 5.70. The van der Waals surface area contributed by atoms with Gasteiger partial charge in [-0.05, 0) is 18.4 Å². The maximum Gasteiger partial charge on any atom is 0.236 e. The second-order valence-electron chi connectivity index (χ2n) is 4.36. The smallest absolute Gasteiger partial charge is 0.236 e. The molecule has 0 unspecified atom stereocenters. The van der Waals surface area contributed by atoms with Crippen LogP contribution in [-0.4, -0.2) is 27.0 Å². The van der Waals surface area contributed by atoms with E-state index in [1.54, 1.807) is 36.1 Å². The number of nitrogens with one attached hydrogen (secondary N) is 1. The molecule has 0 saturated heterocycles. The molecular weight excluding hydrogens is 372 g/mol. The summed E-state index contributed by atoms with van der Waals surface area (Å²) in [6, 6.07) is 5.81. The number of aromatic nitrogens is 3. The van der Waals surface area contributed by atoms with Crippen LogP contribution in [0.25, 0.3) is 0 Å². The molecule has 0 aromatic carbocycles. The third-order valence-electron chi connectivity index (χ3n) is 2.53. The molecule has 0 aliphatic heterocycles. The number of hydrogen-bond donors (Lipinski definition) is 1. The van der Waals surface area contributed by atoms with Crippen molar-refractivity contribution in [2.75, 3.05) is 11.1 Å². The third kappa shape index (κ3) is 5.06. The second kappa shape index (κ2) is 7.95. The Balaban J connectivity index is 1.44. The molecule has 0 saturated carbocycles. The van der Waals surface area contributed by atoms with Gasteiger partial charge in [0, 0.05) is 16.7 Å². The minimum atomic E-state index is -0.147. The Bertz CT molecular complexity index is 769. The van der Waals surface area contributed by atoms with Gasteiger partial charge in [0.15, 0.2) is 14.5 Å². The fourth-order valence-electron chi connectivity index (χ4n) is 1.57. The predicted octanol–water partition coefficient (Wildman–Crippen LogP) is 3.92. The van der Waals surface area contributed by atoms with Crippen molar-refractivity contribution >= 4 is 57.9 Å². The van der Waals surface area contributed by atoms with Crippen LogP contribution < -0.4 is 5.32 Å². The summed E-state index contributed by atoms with van der Waals surface area (Å²) >= 11 is 6.25. The van der Waals surface area contributed by atoms with Crippen LogP contribution in [0.3, 0.4) is 0 Å². The number of thioether (sulfide) groups is 2. The zero-order valence-electron chi connectivity index (χ0n) is 12.0. The van der Waals surface area contributed by atoms with Crippen molar-refractivity contribution in [2.45, 2.75) is 21.4 Å². The average molecular weight is 385 g/mol. The van der Waals surface area contributed by atoms with Crippen LogP contribution in [0.5, 0.6) is 0 Å². The van der Waals surface area contributed by atoms with E-state index in [1.807, 2.05) is 6.07 Å². The van der Waals surface area contributed by atoms with Crippen LogP contribution in [0.4, 0.5) is 5.82 Å². The summed E-state index contributed by atoms with van der Waals surface area (Å²) in [5, 5.41) is 16.7. The highest BCUT2D eigenvalue weighted by atomic mass is 32.2. The highest BCUT2D eigenvalue weighted by Crippen LogP contribution is 2.31. The molecule has 0 spiro atoms.